The summed E-state index contributed by atoms with van der Waals surface area (Å²) in [6.07, 6.45) is 0. The molecule has 0 unspecified atom stereocenters. The lowest BCUT2D eigenvalue weighted by atomic mass is 10.2. The van der Waals surface area contributed by atoms with E-state index in [-0.39, 0.29) is 5.91 Å². The van der Waals surface area contributed by atoms with Crippen molar-refractivity contribution in [2.24, 2.45) is 5.73 Å². The van der Waals surface area contributed by atoms with Gasteiger partial charge in [0.05, 0.1) is 26.5 Å². The summed E-state index contributed by atoms with van der Waals surface area (Å²) >= 11 is 0. The topological polar surface area (TPSA) is 68.0 Å². The molecule has 0 aliphatic carbocycles. The van der Waals surface area contributed by atoms with Crippen LogP contribution < -0.4 is 20.1 Å². The summed E-state index contributed by atoms with van der Waals surface area (Å²) in [5, 5.41) is 0. The average molecular weight is 279 g/mol. The molecule has 2 N–H and O–H groups in total. The van der Waals surface area contributed by atoms with Crippen molar-refractivity contribution in [3.05, 3.63) is 18.2 Å². The smallest absolute Gasteiger partial charge is 0.231 e. The second kappa shape index (κ2) is 6.47. The van der Waals surface area contributed by atoms with Gasteiger partial charge in [-0.25, -0.2) is 0 Å². The Balaban J connectivity index is 2.04. The normalized spacial score (nSPS) is 16.0. The number of hydrogen-bond acceptors (Lipinski definition) is 5. The van der Waals surface area contributed by atoms with Gasteiger partial charge in [0.2, 0.25) is 5.91 Å². The quantitative estimate of drug-likeness (QED) is 0.840. The molecule has 1 saturated heterocycles. The average Bonchev–Trinajstić information content (AvgIpc) is 2.47. The number of carbonyl (C=O) groups is 1. The number of anilines is 1. The standard InChI is InChI=1S/C14H21N3O3/c1-19-11-3-4-12(13(9-11)20-2)17-7-5-16(6-8-17)10-14(15)18/h3-4,9H,5-8,10H2,1-2H3,(H2,15,18). The van der Waals surface area contributed by atoms with Gasteiger partial charge in [-0.15, -0.1) is 0 Å². The second-order valence-corrected chi connectivity index (χ2v) is 4.77. The molecular weight excluding hydrogens is 258 g/mol. The summed E-state index contributed by atoms with van der Waals surface area (Å²) in [6.45, 7) is 3.65. The number of primary amides is 1. The van der Waals surface area contributed by atoms with Gasteiger partial charge in [-0.05, 0) is 12.1 Å². The van der Waals surface area contributed by atoms with Crippen LogP contribution in [0, 0.1) is 0 Å². The van der Waals surface area contributed by atoms with Crippen LogP contribution in [0.4, 0.5) is 5.69 Å². The molecule has 0 spiro atoms. The highest BCUT2D eigenvalue weighted by molar-refractivity contribution is 5.76. The molecule has 1 aromatic rings. The van der Waals surface area contributed by atoms with Gasteiger partial charge in [-0.1, -0.05) is 0 Å². The Bertz CT molecular complexity index is 471. The molecule has 0 bridgehead atoms. The van der Waals surface area contributed by atoms with E-state index in [1.165, 1.54) is 0 Å². The Morgan fingerprint density at radius 1 is 1.20 bits per heavy atom. The zero-order chi connectivity index (χ0) is 14.5. The summed E-state index contributed by atoms with van der Waals surface area (Å²) in [7, 11) is 3.29. The first kappa shape index (κ1) is 14.5. The maximum Gasteiger partial charge on any atom is 0.231 e. The number of rotatable bonds is 5. The minimum Gasteiger partial charge on any atom is -0.497 e. The number of amides is 1. The van der Waals surface area contributed by atoms with Crippen LogP contribution >= 0.6 is 0 Å². The van der Waals surface area contributed by atoms with E-state index in [4.69, 9.17) is 15.2 Å². The highest BCUT2D eigenvalue weighted by Crippen LogP contribution is 2.32. The molecule has 0 atom stereocenters. The number of nitrogens with zero attached hydrogens (tertiary/aromatic N) is 2. The molecule has 1 amide bonds. The number of methoxy groups -OCH3 is 2. The lowest BCUT2D eigenvalue weighted by molar-refractivity contribution is -0.119. The van der Waals surface area contributed by atoms with Gasteiger partial charge in [0.15, 0.2) is 0 Å². The Morgan fingerprint density at radius 3 is 2.45 bits per heavy atom. The molecule has 1 aliphatic heterocycles. The fourth-order valence-corrected chi connectivity index (χ4v) is 2.41. The van der Waals surface area contributed by atoms with E-state index in [0.29, 0.717) is 6.54 Å². The fourth-order valence-electron chi connectivity index (χ4n) is 2.41. The van der Waals surface area contributed by atoms with E-state index >= 15 is 0 Å². The first-order valence-electron chi connectivity index (χ1n) is 6.61. The Hall–Kier alpha value is -1.95. The number of hydrogen-bond donors (Lipinski definition) is 1. The zero-order valence-electron chi connectivity index (χ0n) is 12.0. The molecule has 0 radical (unpaired) electrons. The van der Waals surface area contributed by atoms with Crippen molar-refractivity contribution < 1.29 is 14.3 Å². The zero-order valence-corrected chi connectivity index (χ0v) is 12.0. The van der Waals surface area contributed by atoms with Crippen molar-refractivity contribution in [2.75, 3.05) is 51.8 Å². The first-order chi connectivity index (χ1) is 9.63. The summed E-state index contributed by atoms with van der Waals surface area (Å²) in [4.78, 5) is 15.2. The largest absolute Gasteiger partial charge is 0.497 e. The van der Waals surface area contributed by atoms with Gasteiger partial charge in [-0.2, -0.15) is 0 Å². The Labute approximate surface area is 119 Å². The summed E-state index contributed by atoms with van der Waals surface area (Å²) in [6, 6.07) is 5.81. The minimum atomic E-state index is -0.277. The molecule has 0 saturated carbocycles. The van der Waals surface area contributed by atoms with Crippen molar-refractivity contribution in [1.82, 2.24) is 4.90 Å². The molecule has 20 heavy (non-hydrogen) atoms. The van der Waals surface area contributed by atoms with Crippen molar-refractivity contribution in [3.63, 3.8) is 0 Å². The molecule has 1 heterocycles. The van der Waals surface area contributed by atoms with Crippen molar-refractivity contribution in [1.29, 1.82) is 0 Å². The van der Waals surface area contributed by atoms with Crippen molar-refractivity contribution in [2.45, 2.75) is 0 Å². The molecule has 1 aromatic carbocycles. The summed E-state index contributed by atoms with van der Waals surface area (Å²) < 4.78 is 10.6. The number of carbonyl (C=O) groups excluding carboxylic acids is 1. The van der Waals surface area contributed by atoms with Gasteiger partial charge in [-0.3, -0.25) is 9.69 Å². The van der Waals surface area contributed by atoms with E-state index in [0.717, 1.165) is 43.4 Å². The number of nitrogens with two attached hydrogens (primary N) is 1. The van der Waals surface area contributed by atoms with E-state index < -0.39 is 0 Å². The Kier molecular flexibility index (Phi) is 4.68. The Morgan fingerprint density at radius 2 is 1.90 bits per heavy atom. The highest BCUT2D eigenvalue weighted by Gasteiger charge is 2.20. The lowest BCUT2D eigenvalue weighted by Crippen LogP contribution is -2.49. The molecule has 1 aliphatic rings. The van der Waals surface area contributed by atoms with Gasteiger partial charge < -0.3 is 20.1 Å². The summed E-state index contributed by atoms with van der Waals surface area (Å²) in [5.74, 6) is 1.30. The van der Waals surface area contributed by atoms with E-state index in [9.17, 15) is 4.79 Å². The van der Waals surface area contributed by atoms with Crippen LogP contribution in [-0.4, -0.2) is 57.8 Å². The van der Waals surface area contributed by atoms with Crippen molar-refractivity contribution >= 4 is 11.6 Å². The molecular formula is C14H21N3O3. The van der Waals surface area contributed by atoms with E-state index in [1.54, 1.807) is 14.2 Å². The van der Waals surface area contributed by atoms with Crippen LogP contribution in [0.2, 0.25) is 0 Å². The minimum absolute atomic E-state index is 0.277. The van der Waals surface area contributed by atoms with Crippen LogP contribution in [0.15, 0.2) is 18.2 Å². The van der Waals surface area contributed by atoms with Crippen LogP contribution in [0.5, 0.6) is 11.5 Å². The predicted octanol–water partition coefficient (Wildman–Crippen LogP) is 0.311. The molecule has 2 rings (SSSR count). The third-order valence-corrected chi connectivity index (χ3v) is 3.48. The SMILES string of the molecule is COc1ccc(N2CCN(CC(N)=O)CC2)c(OC)c1. The van der Waals surface area contributed by atoms with Crippen LogP contribution in [0.25, 0.3) is 0 Å². The molecule has 6 heteroatoms. The molecule has 110 valence electrons. The highest BCUT2D eigenvalue weighted by atomic mass is 16.5. The van der Waals surface area contributed by atoms with Gasteiger partial charge in [0, 0.05) is 32.2 Å². The maximum absolute atomic E-state index is 10.9. The second-order valence-electron chi connectivity index (χ2n) is 4.77. The molecule has 1 fully saturated rings. The third kappa shape index (κ3) is 3.33. The molecule has 0 aromatic heterocycles. The molecule has 6 nitrogen and oxygen atoms in total. The third-order valence-electron chi connectivity index (χ3n) is 3.48. The lowest BCUT2D eigenvalue weighted by Gasteiger charge is -2.36. The van der Waals surface area contributed by atoms with Crippen LogP contribution in [-0.2, 0) is 4.79 Å². The fraction of sp³-hybridized carbons (Fsp3) is 0.500. The summed E-state index contributed by atoms with van der Waals surface area (Å²) in [5.41, 5.74) is 6.27. The van der Waals surface area contributed by atoms with Crippen molar-refractivity contribution in [3.8, 4) is 11.5 Å². The number of ether oxygens (including phenoxy) is 2. The predicted molar refractivity (Wildman–Crippen MR) is 77.4 cm³/mol. The first-order valence-corrected chi connectivity index (χ1v) is 6.61. The van der Waals surface area contributed by atoms with E-state index in [1.807, 2.05) is 18.2 Å². The van der Waals surface area contributed by atoms with Gasteiger partial charge in [0.25, 0.3) is 0 Å². The van der Waals surface area contributed by atoms with Gasteiger partial charge in [0.1, 0.15) is 11.5 Å². The van der Waals surface area contributed by atoms with E-state index in [2.05, 4.69) is 9.80 Å². The van der Waals surface area contributed by atoms with Crippen LogP contribution in [0.3, 0.4) is 0 Å². The number of piperazine rings is 1. The van der Waals surface area contributed by atoms with Crippen LogP contribution in [0.1, 0.15) is 0 Å². The number of benzene rings is 1. The van der Waals surface area contributed by atoms with Gasteiger partial charge >= 0.3 is 0 Å². The maximum atomic E-state index is 10.9. The monoisotopic (exact) mass is 279 g/mol.